The fourth-order valence-electron chi connectivity index (χ4n) is 2.27. The summed E-state index contributed by atoms with van der Waals surface area (Å²) in [4.78, 5) is 13.0. The Kier molecular flexibility index (Phi) is 4.17. The van der Waals surface area contributed by atoms with Crippen LogP contribution in [0, 0.1) is 0 Å². The van der Waals surface area contributed by atoms with Gasteiger partial charge >= 0.3 is 6.03 Å². The highest BCUT2D eigenvalue weighted by Gasteiger charge is 2.03. The molecule has 0 aliphatic rings. The lowest BCUT2D eigenvalue weighted by Crippen LogP contribution is -2.34. The summed E-state index contributed by atoms with van der Waals surface area (Å²) in [7, 11) is 0. The Bertz CT molecular complexity index is 732. The Morgan fingerprint density at radius 1 is 0.905 bits per heavy atom. The normalized spacial score (nSPS) is 10.5. The van der Waals surface area contributed by atoms with E-state index in [1.54, 1.807) is 11.3 Å². The zero-order valence-corrected chi connectivity index (χ0v) is 12.3. The van der Waals surface area contributed by atoms with Gasteiger partial charge in [0.05, 0.1) is 6.54 Å². The van der Waals surface area contributed by atoms with Gasteiger partial charge in [-0.3, -0.25) is 0 Å². The maximum absolute atomic E-state index is 11.8. The predicted octanol–water partition coefficient (Wildman–Crippen LogP) is 3.90. The average molecular weight is 296 g/mol. The van der Waals surface area contributed by atoms with Gasteiger partial charge in [0.2, 0.25) is 0 Å². The molecule has 106 valence electrons. The lowest BCUT2D eigenvalue weighted by atomic mass is 10.0. The van der Waals surface area contributed by atoms with Crippen molar-refractivity contribution in [2.24, 2.45) is 0 Å². The molecular formula is C17H16N2OS. The number of nitrogens with one attached hydrogen (secondary N) is 2. The highest BCUT2D eigenvalue weighted by Crippen LogP contribution is 2.18. The molecule has 0 bridgehead atoms. The third-order valence-corrected chi connectivity index (χ3v) is 4.20. The summed E-state index contributed by atoms with van der Waals surface area (Å²) in [5, 5.41) is 10.1. The molecule has 3 aromatic rings. The van der Waals surface area contributed by atoms with Gasteiger partial charge in [0.1, 0.15) is 0 Å². The van der Waals surface area contributed by atoms with Crippen molar-refractivity contribution in [3.63, 3.8) is 0 Å². The maximum atomic E-state index is 11.8. The van der Waals surface area contributed by atoms with Gasteiger partial charge in [0, 0.05) is 11.4 Å². The molecule has 0 spiro atoms. The highest BCUT2D eigenvalue weighted by atomic mass is 32.1. The first kappa shape index (κ1) is 13.6. The second kappa shape index (κ2) is 6.41. The van der Waals surface area contributed by atoms with Crippen LogP contribution in [0.1, 0.15) is 10.4 Å². The first-order valence-corrected chi connectivity index (χ1v) is 7.71. The molecule has 21 heavy (non-hydrogen) atoms. The van der Waals surface area contributed by atoms with Gasteiger partial charge in [-0.05, 0) is 27.8 Å². The summed E-state index contributed by atoms with van der Waals surface area (Å²) < 4.78 is 0. The van der Waals surface area contributed by atoms with E-state index in [9.17, 15) is 4.79 Å². The molecule has 0 atom stereocenters. The summed E-state index contributed by atoms with van der Waals surface area (Å²) in [5.41, 5.74) is 1.12. The number of urea groups is 1. The summed E-state index contributed by atoms with van der Waals surface area (Å²) in [6.45, 7) is 1.09. The van der Waals surface area contributed by atoms with Crippen LogP contribution < -0.4 is 10.6 Å². The molecule has 0 saturated heterocycles. The Morgan fingerprint density at radius 2 is 1.71 bits per heavy atom. The number of thiophene rings is 1. The molecule has 3 rings (SSSR count). The Labute approximate surface area is 127 Å². The third kappa shape index (κ3) is 3.41. The summed E-state index contributed by atoms with van der Waals surface area (Å²) in [6, 6.07) is 18.2. The second-order valence-corrected chi connectivity index (χ2v) is 5.79. The number of rotatable bonds is 4. The van der Waals surface area contributed by atoms with Crippen molar-refractivity contribution in [1.82, 2.24) is 10.6 Å². The number of hydrogen-bond acceptors (Lipinski definition) is 2. The molecule has 2 amide bonds. The maximum Gasteiger partial charge on any atom is 0.315 e. The topological polar surface area (TPSA) is 41.1 Å². The summed E-state index contributed by atoms with van der Waals surface area (Å²) >= 11 is 1.64. The SMILES string of the molecule is O=C(NCc1cccs1)NCc1cccc2ccccc12. The summed E-state index contributed by atoms with van der Waals surface area (Å²) in [6.07, 6.45) is 0. The molecule has 0 unspecified atom stereocenters. The quantitative estimate of drug-likeness (QED) is 0.753. The predicted molar refractivity (Wildman–Crippen MR) is 87.3 cm³/mol. The third-order valence-electron chi connectivity index (χ3n) is 3.32. The molecule has 0 radical (unpaired) electrons. The zero-order chi connectivity index (χ0) is 14.5. The van der Waals surface area contributed by atoms with Gasteiger partial charge in [-0.2, -0.15) is 0 Å². The van der Waals surface area contributed by atoms with Crippen LogP contribution in [-0.4, -0.2) is 6.03 Å². The van der Waals surface area contributed by atoms with E-state index in [2.05, 4.69) is 28.8 Å². The standard InChI is InChI=1S/C17H16N2OS/c20-17(19-12-15-8-4-10-21-15)18-11-14-7-3-6-13-5-1-2-9-16(13)14/h1-10H,11-12H2,(H2,18,19,20). The van der Waals surface area contributed by atoms with Gasteiger partial charge in [0.15, 0.2) is 0 Å². The molecule has 3 nitrogen and oxygen atoms in total. The van der Waals surface area contributed by atoms with Crippen LogP contribution in [0.4, 0.5) is 4.79 Å². The molecular weight excluding hydrogens is 280 g/mol. The molecule has 0 aliphatic heterocycles. The van der Waals surface area contributed by atoms with E-state index in [1.807, 2.05) is 41.8 Å². The number of benzene rings is 2. The van der Waals surface area contributed by atoms with Gasteiger partial charge < -0.3 is 10.6 Å². The van der Waals surface area contributed by atoms with E-state index >= 15 is 0 Å². The summed E-state index contributed by atoms with van der Waals surface area (Å²) in [5.74, 6) is 0. The zero-order valence-electron chi connectivity index (χ0n) is 11.5. The Balaban J connectivity index is 1.60. The van der Waals surface area contributed by atoms with E-state index < -0.39 is 0 Å². The molecule has 0 fully saturated rings. The van der Waals surface area contributed by atoms with Crippen LogP contribution >= 0.6 is 11.3 Å². The van der Waals surface area contributed by atoms with Crippen molar-refractivity contribution < 1.29 is 4.79 Å². The number of carbonyl (C=O) groups excluding carboxylic acids is 1. The lowest BCUT2D eigenvalue weighted by Gasteiger charge is -2.09. The van der Waals surface area contributed by atoms with Crippen LogP contribution in [-0.2, 0) is 13.1 Å². The van der Waals surface area contributed by atoms with Crippen LogP contribution in [0.3, 0.4) is 0 Å². The minimum atomic E-state index is -0.142. The number of carbonyl (C=O) groups is 1. The fraction of sp³-hybridized carbons (Fsp3) is 0.118. The van der Waals surface area contributed by atoms with Gasteiger partial charge in [-0.25, -0.2) is 4.79 Å². The molecule has 1 aromatic heterocycles. The van der Waals surface area contributed by atoms with Crippen molar-refractivity contribution >= 4 is 28.1 Å². The smallest absolute Gasteiger partial charge is 0.315 e. The van der Waals surface area contributed by atoms with Crippen LogP contribution in [0.5, 0.6) is 0 Å². The van der Waals surface area contributed by atoms with E-state index in [1.165, 1.54) is 10.8 Å². The van der Waals surface area contributed by atoms with Gasteiger partial charge in [-0.15, -0.1) is 11.3 Å². The molecule has 4 heteroatoms. The number of hydrogen-bond donors (Lipinski definition) is 2. The van der Waals surface area contributed by atoms with Gasteiger partial charge in [0.25, 0.3) is 0 Å². The largest absolute Gasteiger partial charge is 0.334 e. The average Bonchev–Trinajstić information content (AvgIpc) is 3.04. The monoisotopic (exact) mass is 296 g/mol. The molecule has 2 aromatic carbocycles. The Hall–Kier alpha value is -2.33. The van der Waals surface area contributed by atoms with E-state index in [-0.39, 0.29) is 6.03 Å². The molecule has 2 N–H and O–H groups in total. The van der Waals surface area contributed by atoms with Crippen molar-refractivity contribution in [2.45, 2.75) is 13.1 Å². The van der Waals surface area contributed by atoms with E-state index in [0.717, 1.165) is 10.4 Å². The van der Waals surface area contributed by atoms with Crippen molar-refractivity contribution in [1.29, 1.82) is 0 Å². The van der Waals surface area contributed by atoms with Crippen LogP contribution in [0.2, 0.25) is 0 Å². The number of amides is 2. The fourth-order valence-corrected chi connectivity index (χ4v) is 2.91. The Morgan fingerprint density at radius 3 is 2.57 bits per heavy atom. The van der Waals surface area contributed by atoms with Gasteiger partial charge in [-0.1, -0.05) is 48.5 Å². The van der Waals surface area contributed by atoms with E-state index in [0.29, 0.717) is 13.1 Å². The van der Waals surface area contributed by atoms with Crippen molar-refractivity contribution in [3.8, 4) is 0 Å². The first-order valence-electron chi connectivity index (χ1n) is 6.83. The van der Waals surface area contributed by atoms with E-state index in [4.69, 9.17) is 0 Å². The number of fused-ring (bicyclic) bond motifs is 1. The highest BCUT2D eigenvalue weighted by molar-refractivity contribution is 7.09. The first-order chi connectivity index (χ1) is 10.3. The van der Waals surface area contributed by atoms with Crippen molar-refractivity contribution in [2.75, 3.05) is 0 Å². The molecule has 0 saturated carbocycles. The molecule has 0 aliphatic carbocycles. The van der Waals surface area contributed by atoms with Crippen LogP contribution in [0.15, 0.2) is 60.0 Å². The van der Waals surface area contributed by atoms with Crippen molar-refractivity contribution in [3.05, 3.63) is 70.4 Å². The second-order valence-electron chi connectivity index (χ2n) is 4.75. The lowest BCUT2D eigenvalue weighted by molar-refractivity contribution is 0.240. The van der Waals surface area contributed by atoms with Crippen LogP contribution in [0.25, 0.3) is 10.8 Å². The molecule has 1 heterocycles. The minimum absolute atomic E-state index is 0.142. The minimum Gasteiger partial charge on any atom is -0.334 e.